The molecule has 72 valence electrons. The van der Waals surface area contributed by atoms with E-state index in [9.17, 15) is 0 Å². The Kier molecular flexibility index (Phi) is 2.97. The molecule has 0 bridgehead atoms. The van der Waals surface area contributed by atoms with Gasteiger partial charge in [-0.3, -0.25) is 0 Å². The zero-order chi connectivity index (χ0) is 8.55. The van der Waals surface area contributed by atoms with Gasteiger partial charge in [0.05, 0.1) is 0 Å². The molecule has 0 aromatic heterocycles. The number of benzene rings is 1. The van der Waals surface area contributed by atoms with E-state index in [1.54, 1.807) is 0 Å². The number of hydrogen-bond acceptors (Lipinski definition) is 1. The summed E-state index contributed by atoms with van der Waals surface area (Å²) in [5.74, 6) is 1.45. The van der Waals surface area contributed by atoms with Crippen LogP contribution in [-0.2, 0) is 0 Å². The van der Waals surface area contributed by atoms with Crippen molar-refractivity contribution in [1.82, 2.24) is 0 Å². The van der Waals surface area contributed by atoms with Crippen molar-refractivity contribution in [1.29, 1.82) is 0 Å². The minimum Gasteiger partial charge on any atom is -0.384 e. The summed E-state index contributed by atoms with van der Waals surface area (Å²) in [5, 5.41) is 3.43. The van der Waals surface area contributed by atoms with Crippen molar-refractivity contribution < 1.29 is 0 Å². The normalized spacial score (nSPS) is 19.2. The summed E-state index contributed by atoms with van der Waals surface area (Å²) in [6.07, 6.45) is 0. The Balaban J connectivity index is 0.000000845. The van der Waals surface area contributed by atoms with E-state index >= 15 is 0 Å². The van der Waals surface area contributed by atoms with Gasteiger partial charge in [-0.05, 0) is 17.5 Å². The van der Waals surface area contributed by atoms with Crippen LogP contribution in [0.5, 0.6) is 0 Å². The van der Waals surface area contributed by atoms with Gasteiger partial charge < -0.3 is 5.32 Å². The average molecular weight is 177 g/mol. The molecule has 1 nitrogen and oxygen atoms in total. The molecule has 1 aromatic rings. The molecule has 1 N–H and O–H groups in total. The van der Waals surface area contributed by atoms with Crippen molar-refractivity contribution in [2.45, 2.75) is 27.2 Å². The number of fused-ring (bicyclic) bond motifs is 1. The van der Waals surface area contributed by atoms with E-state index in [-0.39, 0.29) is 7.43 Å². The van der Waals surface area contributed by atoms with E-state index in [1.807, 2.05) is 0 Å². The first-order valence-corrected chi connectivity index (χ1v) is 4.62. The third kappa shape index (κ3) is 1.69. The zero-order valence-electron chi connectivity index (χ0n) is 7.67. The summed E-state index contributed by atoms with van der Waals surface area (Å²) in [6, 6.07) is 8.62. The predicted octanol–water partition coefficient (Wildman–Crippen LogP) is 3.49. The second kappa shape index (κ2) is 3.82. The zero-order valence-corrected chi connectivity index (χ0v) is 7.67. The van der Waals surface area contributed by atoms with Gasteiger partial charge in [0, 0.05) is 18.2 Å². The molecule has 0 spiro atoms. The van der Waals surface area contributed by atoms with Crippen molar-refractivity contribution in [3.05, 3.63) is 29.8 Å². The van der Waals surface area contributed by atoms with Crippen LogP contribution in [0.15, 0.2) is 24.3 Å². The second-order valence-corrected chi connectivity index (χ2v) is 3.82. The van der Waals surface area contributed by atoms with Gasteiger partial charge in [-0.15, -0.1) is 0 Å². The minimum atomic E-state index is 0. The molecule has 0 radical (unpaired) electrons. The summed E-state index contributed by atoms with van der Waals surface area (Å²) in [5.41, 5.74) is 2.82. The second-order valence-electron chi connectivity index (χ2n) is 3.82. The molecular formula is C12H19N. The van der Waals surface area contributed by atoms with Gasteiger partial charge in [0.1, 0.15) is 0 Å². The standard InChI is InChI=1S/C11H15N.CH4/c1-8(2)10-7-12-11-6-4-3-5-9(10)11;/h3-6,8,10,12H,7H2,1-2H3;1H4. The Hall–Kier alpha value is -0.980. The van der Waals surface area contributed by atoms with E-state index < -0.39 is 0 Å². The first-order chi connectivity index (χ1) is 5.79. The molecule has 1 atom stereocenters. The molecule has 2 rings (SSSR count). The maximum absolute atomic E-state index is 3.43. The lowest BCUT2D eigenvalue weighted by atomic mass is 9.90. The fourth-order valence-electron chi connectivity index (χ4n) is 1.91. The third-order valence-electron chi connectivity index (χ3n) is 2.68. The summed E-state index contributed by atoms with van der Waals surface area (Å²) in [6.45, 7) is 5.68. The monoisotopic (exact) mass is 177 g/mol. The van der Waals surface area contributed by atoms with Crippen LogP contribution >= 0.6 is 0 Å². The lowest BCUT2D eigenvalue weighted by molar-refractivity contribution is 0.533. The number of anilines is 1. The third-order valence-corrected chi connectivity index (χ3v) is 2.68. The van der Waals surface area contributed by atoms with Gasteiger partial charge in [-0.25, -0.2) is 0 Å². The predicted molar refractivity (Wildman–Crippen MR) is 59.2 cm³/mol. The topological polar surface area (TPSA) is 12.0 Å². The first-order valence-electron chi connectivity index (χ1n) is 4.62. The van der Waals surface area contributed by atoms with E-state index in [1.165, 1.54) is 11.3 Å². The molecule has 0 aliphatic carbocycles. The lowest BCUT2D eigenvalue weighted by Gasteiger charge is -2.13. The highest BCUT2D eigenvalue weighted by molar-refractivity contribution is 5.57. The van der Waals surface area contributed by atoms with Crippen LogP contribution in [0.3, 0.4) is 0 Å². The molecule has 0 fully saturated rings. The average Bonchev–Trinajstić information content (AvgIpc) is 2.47. The molecule has 1 aliphatic heterocycles. The molecule has 1 aromatic carbocycles. The van der Waals surface area contributed by atoms with E-state index in [2.05, 4.69) is 43.4 Å². The maximum Gasteiger partial charge on any atom is 0.0376 e. The van der Waals surface area contributed by atoms with Crippen molar-refractivity contribution in [3.63, 3.8) is 0 Å². The molecule has 1 unspecified atom stereocenters. The summed E-state index contributed by atoms with van der Waals surface area (Å²) >= 11 is 0. The van der Waals surface area contributed by atoms with Crippen molar-refractivity contribution in [3.8, 4) is 0 Å². The molecule has 1 heterocycles. The van der Waals surface area contributed by atoms with E-state index in [4.69, 9.17) is 0 Å². The van der Waals surface area contributed by atoms with E-state index in [0.29, 0.717) is 5.92 Å². The Labute approximate surface area is 81.2 Å². The van der Waals surface area contributed by atoms with Crippen molar-refractivity contribution in [2.24, 2.45) is 5.92 Å². The van der Waals surface area contributed by atoms with Crippen LogP contribution in [0.4, 0.5) is 5.69 Å². The Morgan fingerprint density at radius 1 is 1.31 bits per heavy atom. The van der Waals surface area contributed by atoms with Crippen LogP contribution in [0.2, 0.25) is 0 Å². The lowest BCUT2D eigenvalue weighted by Crippen LogP contribution is -2.08. The number of hydrogen-bond donors (Lipinski definition) is 1. The quantitative estimate of drug-likeness (QED) is 0.692. The Morgan fingerprint density at radius 3 is 2.69 bits per heavy atom. The number of para-hydroxylation sites is 1. The van der Waals surface area contributed by atoms with Gasteiger partial charge in [0.2, 0.25) is 0 Å². The highest BCUT2D eigenvalue weighted by Crippen LogP contribution is 2.35. The fraction of sp³-hybridized carbons (Fsp3) is 0.500. The number of rotatable bonds is 1. The van der Waals surface area contributed by atoms with Gasteiger partial charge >= 0.3 is 0 Å². The van der Waals surface area contributed by atoms with Crippen LogP contribution in [-0.4, -0.2) is 6.54 Å². The van der Waals surface area contributed by atoms with Crippen molar-refractivity contribution in [2.75, 3.05) is 11.9 Å². The van der Waals surface area contributed by atoms with Crippen LogP contribution in [0, 0.1) is 5.92 Å². The highest BCUT2D eigenvalue weighted by atomic mass is 14.9. The van der Waals surface area contributed by atoms with Crippen LogP contribution in [0.1, 0.15) is 32.8 Å². The fourth-order valence-corrected chi connectivity index (χ4v) is 1.91. The van der Waals surface area contributed by atoms with E-state index in [0.717, 1.165) is 12.5 Å². The molecule has 13 heavy (non-hydrogen) atoms. The van der Waals surface area contributed by atoms with Gasteiger partial charge in [-0.2, -0.15) is 0 Å². The molecule has 0 amide bonds. The smallest absolute Gasteiger partial charge is 0.0376 e. The molecule has 0 saturated carbocycles. The summed E-state index contributed by atoms with van der Waals surface area (Å²) in [7, 11) is 0. The Bertz CT molecular complexity index is 278. The molecular weight excluding hydrogens is 158 g/mol. The Morgan fingerprint density at radius 2 is 2.00 bits per heavy atom. The van der Waals surface area contributed by atoms with Gasteiger partial charge in [0.25, 0.3) is 0 Å². The molecule has 1 heteroatoms. The van der Waals surface area contributed by atoms with Crippen LogP contribution in [0.25, 0.3) is 0 Å². The number of nitrogens with one attached hydrogen (secondary N) is 1. The maximum atomic E-state index is 3.43. The van der Waals surface area contributed by atoms with Crippen LogP contribution < -0.4 is 5.32 Å². The summed E-state index contributed by atoms with van der Waals surface area (Å²) < 4.78 is 0. The van der Waals surface area contributed by atoms with Crippen molar-refractivity contribution >= 4 is 5.69 Å². The van der Waals surface area contributed by atoms with Gasteiger partial charge in [-0.1, -0.05) is 39.5 Å². The largest absolute Gasteiger partial charge is 0.384 e. The summed E-state index contributed by atoms with van der Waals surface area (Å²) in [4.78, 5) is 0. The highest BCUT2D eigenvalue weighted by Gasteiger charge is 2.23. The molecule has 1 aliphatic rings. The SMILES string of the molecule is C.CC(C)C1CNc2ccccc21. The first kappa shape index (κ1) is 10.1. The minimum absolute atomic E-state index is 0. The van der Waals surface area contributed by atoms with Gasteiger partial charge in [0.15, 0.2) is 0 Å². The molecule has 0 saturated heterocycles.